The molecule has 1 N–H and O–H groups in total. The number of hydrogen-bond donors (Lipinski definition) is 1. The molecule has 1 aliphatic rings. The van der Waals surface area contributed by atoms with Crippen LogP contribution in [0.25, 0.3) is 0 Å². The minimum absolute atomic E-state index is 0.225. The third-order valence-corrected chi connectivity index (χ3v) is 4.97. The molecule has 4 heteroatoms. The molecule has 1 unspecified atom stereocenters. The summed E-state index contributed by atoms with van der Waals surface area (Å²) in [5, 5.41) is 20.9. The first-order chi connectivity index (χ1) is 9.25. The zero-order valence-electron chi connectivity index (χ0n) is 13.1. The second-order valence-electron chi connectivity index (χ2n) is 6.73. The fourth-order valence-corrected chi connectivity index (χ4v) is 2.50. The number of piperidine rings is 1. The molecule has 1 fully saturated rings. The second-order valence-corrected chi connectivity index (χ2v) is 6.73. The molecule has 1 heterocycles. The first-order valence-electron chi connectivity index (χ1n) is 7.19. The van der Waals surface area contributed by atoms with Crippen molar-refractivity contribution in [2.24, 2.45) is 15.8 Å². The average Bonchev–Trinajstić information content (AvgIpc) is 2.38. The molecule has 1 aromatic rings. The summed E-state index contributed by atoms with van der Waals surface area (Å²) in [7, 11) is 0. The Morgan fingerprint density at radius 3 is 2.35 bits per heavy atom. The lowest BCUT2D eigenvalue weighted by atomic mass is 9.67. The van der Waals surface area contributed by atoms with Gasteiger partial charge >= 0.3 is 0 Å². The van der Waals surface area contributed by atoms with E-state index in [4.69, 9.17) is 0 Å². The molecule has 0 aliphatic carbocycles. The van der Waals surface area contributed by atoms with Gasteiger partial charge in [0.2, 0.25) is 0 Å². The SMILES string of the molecule is Cc1ccc(N=NN2CCC(O)C(C)(C)C2(C)C)cc1. The van der Waals surface area contributed by atoms with Gasteiger partial charge in [-0.1, -0.05) is 36.8 Å². The average molecular weight is 275 g/mol. The molecule has 0 aromatic heterocycles. The molecule has 1 saturated heterocycles. The number of aryl methyl sites for hydroxylation is 1. The predicted octanol–water partition coefficient (Wildman–Crippen LogP) is 3.87. The molecule has 20 heavy (non-hydrogen) atoms. The Kier molecular flexibility index (Phi) is 3.87. The van der Waals surface area contributed by atoms with Crippen molar-refractivity contribution >= 4 is 5.69 Å². The van der Waals surface area contributed by atoms with Gasteiger partial charge in [0, 0.05) is 12.0 Å². The zero-order valence-corrected chi connectivity index (χ0v) is 13.1. The molecule has 1 aliphatic heterocycles. The van der Waals surface area contributed by atoms with Gasteiger partial charge in [0.25, 0.3) is 0 Å². The van der Waals surface area contributed by atoms with Gasteiger partial charge in [-0.3, -0.25) is 5.01 Å². The van der Waals surface area contributed by atoms with Gasteiger partial charge in [-0.2, -0.15) is 0 Å². The highest BCUT2D eigenvalue weighted by Gasteiger charge is 2.49. The van der Waals surface area contributed by atoms with Crippen LogP contribution in [0, 0.1) is 12.3 Å². The van der Waals surface area contributed by atoms with E-state index in [1.165, 1.54) is 5.56 Å². The molecule has 110 valence electrons. The second kappa shape index (κ2) is 5.17. The summed E-state index contributed by atoms with van der Waals surface area (Å²) in [6.07, 6.45) is 0.423. The van der Waals surface area contributed by atoms with Gasteiger partial charge in [0.05, 0.1) is 17.3 Å². The molecule has 0 bridgehead atoms. The van der Waals surface area contributed by atoms with Crippen LogP contribution >= 0.6 is 0 Å². The Morgan fingerprint density at radius 2 is 1.75 bits per heavy atom. The van der Waals surface area contributed by atoms with Gasteiger partial charge in [-0.05, 0) is 39.3 Å². The minimum Gasteiger partial charge on any atom is -0.392 e. The van der Waals surface area contributed by atoms with Gasteiger partial charge in [0.15, 0.2) is 0 Å². The van der Waals surface area contributed by atoms with Gasteiger partial charge in [-0.15, -0.1) is 5.11 Å². The lowest BCUT2D eigenvalue weighted by molar-refractivity contribution is -0.115. The maximum absolute atomic E-state index is 10.2. The summed E-state index contributed by atoms with van der Waals surface area (Å²) in [6.45, 7) is 11.2. The predicted molar refractivity (Wildman–Crippen MR) is 80.9 cm³/mol. The Hall–Kier alpha value is -1.42. The Labute approximate surface area is 121 Å². The molecule has 4 nitrogen and oxygen atoms in total. The lowest BCUT2D eigenvalue weighted by Crippen LogP contribution is -2.61. The van der Waals surface area contributed by atoms with E-state index in [9.17, 15) is 5.11 Å². The van der Waals surface area contributed by atoms with Crippen molar-refractivity contribution in [1.82, 2.24) is 5.01 Å². The van der Waals surface area contributed by atoms with Crippen LogP contribution in [0.4, 0.5) is 5.69 Å². The summed E-state index contributed by atoms with van der Waals surface area (Å²) in [5.41, 5.74) is 1.61. The van der Waals surface area contributed by atoms with Crippen molar-refractivity contribution in [3.05, 3.63) is 29.8 Å². The Morgan fingerprint density at radius 1 is 1.15 bits per heavy atom. The number of aliphatic hydroxyl groups excluding tert-OH is 1. The minimum atomic E-state index is -0.302. The topological polar surface area (TPSA) is 48.2 Å². The third kappa shape index (κ3) is 2.57. The van der Waals surface area contributed by atoms with Crippen molar-refractivity contribution in [2.45, 2.75) is 52.7 Å². The molecular formula is C16H25N3O. The molecule has 1 atom stereocenters. The van der Waals surface area contributed by atoms with E-state index in [0.29, 0.717) is 0 Å². The van der Waals surface area contributed by atoms with Crippen molar-refractivity contribution in [2.75, 3.05) is 6.54 Å². The van der Waals surface area contributed by atoms with Crippen LogP contribution in [0.3, 0.4) is 0 Å². The highest BCUT2D eigenvalue weighted by atomic mass is 16.3. The van der Waals surface area contributed by atoms with E-state index in [0.717, 1.165) is 18.7 Å². The number of aliphatic hydroxyl groups is 1. The zero-order chi connectivity index (χ0) is 15.0. The van der Waals surface area contributed by atoms with Crippen molar-refractivity contribution in [1.29, 1.82) is 0 Å². The smallest absolute Gasteiger partial charge is 0.0874 e. The molecule has 0 radical (unpaired) electrons. The first kappa shape index (κ1) is 15.0. The van der Waals surface area contributed by atoms with Gasteiger partial charge < -0.3 is 5.11 Å². The van der Waals surface area contributed by atoms with Crippen LogP contribution in [-0.2, 0) is 0 Å². The van der Waals surface area contributed by atoms with Crippen LogP contribution in [0.5, 0.6) is 0 Å². The van der Waals surface area contributed by atoms with E-state index in [2.05, 4.69) is 45.0 Å². The fraction of sp³-hybridized carbons (Fsp3) is 0.625. The summed E-state index contributed by atoms with van der Waals surface area (Å²) in [5.74, 6) is 0. The summed E-state index contributed by atoms with van der Waals surface area (Å²) in [6, 6.07) is 8.00. The van der Waals surface area contributed by atoms with E-state index in [1.54, 1.807) is 0 Å². The number of rotatable bonds is 2. The van der Waals surface area contributed by atoms with E-state index >= 15 is 0 Å². The highest BCUT2D eigenvalue weighted by Crippen LogP contribution is 2.43. The van der Waals surface area contributed by atoms with Crippen molar-refractivity contribution < 1.29 is 5.11 Å². The van der Waals surface area contributed by atoms with Crippen molar-refractivity contribution in [3.63, 3.8) is 0 Å². The van der Waals surface area contributed by atoms with Crippen molar-refractivity contribution in [3.8, 4) is 0 Å². The summed E-state index contributed by atoms with van der Waals surface area (Å²) < 4.78 is 0. The van der Waals surface area contributed by atoms with Gasteiger partial charge in [-0.25, -0.2) is 0 Å². The maximum Gasteiger partial charge on any atom is 0.0874 e. The first-order valence-corrected chi connectivity index (χ1v) is 7.19. The molecular weight excluding hydrogens is 250 g/mol. The number of benzene rings is 1. The van der Waals surface area contributed by atoms with Crippen LogP contribution in [-0.4, -0.2) is 28.3 Å². The molecule has 0 amide bonds. The monoisotopic (exact) mass is 275 g/mol. The molecule has 2 rings (SSSR count). The standard InChI is InChI=1S/C16H25N3O/c1-12-6-8-13(9-7-12)17-18-19-11-10-14(20)15(2,3)16(19,4)5/h6-9,14,20H,10-11H2,1-5H3. The fourth-order valence-electron chi connectivity index (χ4n) is 2.50. The molecule has 0 spiro atoms. The summed E-state index contributed by atoms with van der Waals surface area (Å²) >= 11 is 0. The Bertz CT molecular complexity index is 491. The summed E-state index contributed by atoms with van der Waals surface area (Å²) in [4.78, 5) is 0. The largest absolute Gasteiger partial charge is 0.392 e. The van der Waals surface area contributed by atoms with E-state index < -0.39 is 0 Å². The lowest BCUT2D eigenvalue weighted by Gasteiger charge is -2.53. The third-order valence-electron chi connectivity index (χ3n) is 4.97. The quantitative estimate of drug-likeness (QED) is 0.833. The van der Waals surface area contributed by atoms with Crippen LogP contribution in [0.1, 0.15) is 39.7 Å². The molecule has 0 saturated carbocycles. The van der Waals surface area contributed by atoms with Crippen LogP contribution in [0.2, 0.25) is 0 Å². The van der Waals surface area contributed by atoms with E-state index in [-0.39, 0.29) is 17.1 Å². The van der Waals surface area contributed by atoms with Gasteiger partial charge in [0.1, 0.15) is 0 Å². The maximum atomic E-state index is 10.2. The van der Waals surface area contributed by atoms with Crippen LogP contribution in [0.15, 0.2) is 34.6 Å². The van der Waals surface area contributed by atoms with Crippen LogP contribution < -0.4 is 0 Å². The molecule has 1 aromatic carbocycles. The number of hydrogen-bond acceptors (Lipinski definition) is 3. The highest BCUT2D eigenvalue weighted by molar-refractivity contribution is 5.37. The normalized spacial score (nSPS) is 25.1. The van der Waals surface area contributed by atoms with E-state index in [1.807, 2.05) is 29.3 Å². The Balaban J connectivity index is 2.18. The number of nitrogens with zero attached hydrogens (tertiary/aromatic N) is 3.